The summed E-state index contributed by atoms with van der Waals surface area (Å²) < 4.78 is 1.38. The van der Waals surface area contributed by atoms with Gasteiger partial charge in [-0.15, -0.1) is 10.2 Å². The fourth-order valence-corrected chi connectivity index (χ4v) is 3.69. The number of anilines is 1. The Morgan fingerprint density at radius 3 is 2.58 bits per heavy atom. The number of phenolic OH excluding ortho intramolecular Hbond substituents is 1. The molecule has 0 radical (unpaired) electrons. The van der Waals surface area contributed by atoms with Crippen LogP contribution in [0.4, 0.5) is 17.2 Å². The molecule has 1 amide bonds. The number of phenols is 1. The molecule has 0 aliphatic rings. The molecule has 36 heavy (non-hydrogen) atoms. The highest BCUT2D eigenvalue weighted by molar-refractivity contribution is 6.11. The molecule has 5 rings (SSSR count). The van der Waals surface area contributed by atoms with E-state index in [1.54, 1.807) is 54.7 Å². The maximum Gasteiger partial charge on any atom is 0.259 e. The van der Waals surface area contributed by atoms with Gasteiger partial charge in [0, 0.05) is 17.3 Å². The lowest BCUT2D eigenvalue weighted by molar-refractivity contribution is 0.102. The van der Waals surface area contributed by atoms with Gasteiger partial charge in [-0.05, 0) is 42.6 Å². The Balaban J connectivity index is 1.60. The van der Waals surface area contributed by atoms with Gasteiger partial charge < -0.3 is 10.4 Å². The molecule has 9 nitrogen and oxygen atoms in total. The van der Waals surface area contributed by atoms with Gasteiger partial charge in [0.1, 0.15) is 17.3 Å². The van der Waals surface area contributed by atoms with Crippen molar-refractivity contribution in [2.24, 2.45) is 10.2 Å². The summed E-state index contributed by atoms with van der Waals surface area (Å²) in [6.45, 7) is 1.95. The second-order valence-corrected chi connectivity index (χ2v) is 7.96. The van der Waals surface area contributed by atoms with Crippen molar-refractivity contribution in [1.82, 2.24) is 14.8 Å². The normalized spacial score (nSPS) is 11.0. The molecule has 0 fully saturated rings. The third kappa shape index (κ3) is 4.26. The number of pyridine rings is 1. The van der Waals surface area contributed by atoms with Crippen LogP contribution in [-0.2, 0) is 0 Å². The molecule has 2 N–H and O–H groups in total. The van der Waals surface area contributed by atoms with Gasteiger partial charge in [0.15, 0.2) is 17.4 Å². The number of carbonyl (C=O) groups is 1. The maximum atomic E-state index is 13.1. The molecule has 2 aromatic heterocycles. The van der Waals surface area contributed by atoms with Gasteiger partial charge in [0.25, 0.3) is 5.91 Å². The molecule has 0 bridgehead atoms. The van der Waals surface area contributed by atoms with E-state index in [-0.39, 0.29) is 28.4 Å². The monoisotopic (exact) mass is 473 g/mol. The summed E-state index contributed by atoms with van der Waals surface area (Å²) in [6, 6.07) is 23.5. The second kappa shape index (κ2) is 9.48. The lowest BCUT2D eigenvalue weighted by atomic mass is 10.0. The van der Waals surface area contributed by atoms with Crippen molar-refractivity contribution in [2.45, 2.75) is 6.92 Å². The zero-order valence-corrected chi connectivity index (χ0v) is 19.1. The molecule has 0 saturated carbocycles. The molecule has 3 aromatic carbocycles. The highest BCUT2D eigenvalue weighted by Gasteiger charge is 2.19. The largest absolute Gasteiger partial charge is 0.505 e. The number of nitrogens with zero attached hydrogens (tertiary/aromatic N) is 6. The van der Waals surface area contributed by atoms with Crippen LogP contribution in [0.25, 0.3) is 16.6 Å². The molecular weight excluding hydrogens is 454 g/mol. The Labute approximate surface area is 206 Å². The summed E-state index contributed by atoms with van der Waals surface area (Å²) in [6.07, 6.45) is 2.96. The molecule has 5 aromatic rings. The third-order valence-electron chi connectivity index (χ3n) is 5.52. The molecule has 0 unspecified atom stereocenters. The molecule has 0 saturated heterocycles. The lowest BCUT2D eigenvalue weighted by Gasteiger charge is -2.11. The third-order valence-corrected chi connectivity index (χ3v) is 5.52. The number of nitrogens with one attached hydrogen (secondary N) is 1. The van der Waals surface area contributed by atoms with Gasteiger partial charge in [-0.3, -0.25) is 4.79 Å². The fraction of sp³-hybridized carbons (Fsp3) is 0.0370. The summed E-state index contributed by atoms with van der Waals surface area (Å²) in [5.41, 5.74) is 1.98. The summed E-state index contributed by atoms with van der Waals surface area (Å²) in [5.74, 6) is -0.221. The Bertz CT molecular complexity index is 1650. The first-order valence-electron chi connectivity index (χ1n) is 11.0. The first-order chi connectivity index (χ1) is 17.5. The average Bonchev–Trinajstić information content (AvgIpc) is 3.32. The number of carbonyl (C=O) groups excluding carboxylic acids is 1. The SMILES string of the molecule is Cc1ccc(NC(=O)c2cc3ccccc3c(N=Nc3c(C#N)cnn3-c3ccccn3)c2O)cc1. The number of benzene rings is 3. The van der Waals surface area contributed by atoms with E-state index in [1.807, 2.05) is 37.3 Å². The number of hydrogen-bond donors (Lipinski definition) is 2. The second-order valence-electron chi connectivity index (χ2n) is 7.96. The highest BCUT2D eigenvalue weighted by Crippen LogP contribution is 2.40. The van der Waals surface area contributed by atoms with E-state index in [9.17, 15) is 15.2 Å². The molecule has 0 spiro atoms. The number of hydrogen-bond acceptors (Lipinski definition) is 7. The van der Waals surface area contributed by atoms with Crippen LogP contribution in [0.5, 0.6) is 5.75 Å². The number of fused-ring (bicyclic) bond motifs is 1. The van der Waals surface area contributed by atoms with E-state index in [0.717, 1.165) is 5.56 Å². The highest BCUT2D eigenvalue weighted by atomic mass is 16.3. The first-order valence-corrected chi connectivity index (χ1v) is 11.0. The van der Waals surface area contributed by atoms with Crippen LogP contribution in [0.1, 0.15) is 21.5 Å². The van der Waals surface area contributed by atoms with Crippen LogP contribution in [0.15, 0.2) is 95.4 Å². The molecule has 0 aliphatic heterocycles. The quantitative estimate of drug-likeness (QED) is 0.304. The lowest BCUT2D eigenvalue weighted by Crippen LogP contribution is -2.12. The predicted octanol–water partition coefficient (Wildman–Crippen LogP) is 5.97. The van der Waals surface area contributed by atoms with Crippen molar-refractivity contribution in [2.75, 3.05) is 5.32 Å². The number of amides is 1. The van der Waals surface area contributed by atoms with Crippen LogP contribution >= 0.6 is 0 Å². The molecule has 9 heteroatoms. The Kier molecular flexibility index (Phi) is 5.91. The summed E-state index contributed by atoms with van der Waals surface area (Å²) in [7, 11) is 0. The van der Waals surface area contributed by atoms with Crippen LogP contribution in [0.2, 0.25) is 0 Å². The van der Waals surface area contributed by atoms with Crippen LogP contribution in [0, 0.1) is 18.3 Å². The number of aromatic hydroxyl groups is 1. The van der Waals surface area contributed by atoms with Crippen molar-refractivity contribution in [1.29, 1.82) is 5.26 Å². The maximum absolute atomic E-state index is 13.1. The number of azo groups is 1. The Hall–Kier alpha value is -5.36. The van der Waals surface area contributed by atoms with Gasteiger partial charge in [0.05, 0.1) is 11.8 Å². The molecule has 2 heterocycles. The Morgan fingerprint density at radius 1 is 1.06 bits per heavy atom. The Morgan fingerprint density at radius 2 is 1.83 bits per heavy atom. The van der Waals surface area contributed by atoms with E-state index in [4.69, 9.17) is 0 Å². The predicted molar refractivity (Wildman–Crippen MR) is 135 cm³/mol. The van der Waals surface area contributed by atoms with Crippen molar-refractivity contribution >= 4 is 33.9 Å². The van der Waals surface area contributed by atoms with Gasteiger partial charge in [-0.1, -0.05) is 48.0 Å². The molecule has 174 valence electrons. The topological polar surface area (TPSA) is 129 Å². The van der Waals surface area contributed by atoms with Gasteiger partial charge in [-0.25, -0.2) is 4.98 Å². The van der Waals surface area contributed by atoms with Crippen LogP contribution in [0.3, 0.4) is 0 Å². The minimum Gasteiger partial charge on any atom is -0.505 e. The van der Waals surface area contributed by atoms with Crippen molar-refractivity contribution in [3.05, 3.63) is 102 Å². The van der Waals surface area contributed by atoms with Gasteiger partial charge >= 0.3 is 0 Å². The summed E-state index contributed by atoms with van der Waals surface area (Å²) in [5, 5.41) is 37.5. The van der Waals surface area contributed by atoms with Gasteiger partial charge in [0.2, 0.25) is 0 Å². The summed E-state index contributed by atoms with van der Waals surface area (Å²) in [4.78, 5) is 17.3. The van der Waals surface area contributed by atoms with E-state index >= 15 is 0 Å². The molecule has 0 atom stereocenters. The average molecular weight is 473 g/mol. The number of nitriles is 1. The van der Waals surface area contributed by atoms with E-state index in [2.05, 4.69) is 25.6 Å². The first kappa shape index (κ1) is 22.4. The van der Waals surface area contributed by atoms with E-state index < -0.39 is 5.91 Å². The van der Waals surface area contributed by atoms with E-state index in [1.165, 1.54) is 10.9 Å². The smallest absolute Gasteiger partial charge is 0.259 e. The number of rotatable bonds is 5. The van der Waals surface area contributed by atoms with Gasteiger partial charge in [-0.2, -0.15) is 15.0 Å². The zero-order chi connectivity index (χ0) is 25.1. The van der Waals surface area contributed by atoms with E-state index in [0.29, 0.717) is 22.3 Å². The molecular formula is C27H19N7O2. The molecule has 0 aliphatic carbocycles. The summed E-state index contributed by atoms with van der Waals surface area (Å²) >= 11 is 0. The minimum absolute atomic E-state index is 0.0435. The van der Waals surface area contributed by atoms with Crippen LogP contribution < -0.4 is 5.32 Å². The van der Waals surface area contributed by atoms with Crippen molar-refractivity contribution in [3.8, 4) is 17.6 Å². The van der Waals surface area contributed by atoms with Crippen molar-refractivity contribution in [3.63, 3.8) is 0 Å². The van der Waals surface area contributed by atoms with Crippen LogP contribution in [-0.4, -0.2) is 25.8 Å². The standard InChI is InChI=1S/C27H19N7O2/c1-17-9-11-20(12-10-17)31-27(36)22-14-18-6-2-3-7-21(18)24(25(22)35)32-33-26-19(15-28)16-30-34(26)23-8-4-5-13-29-23/h2-14,16,35H,1H3,(H,31,36). The van der Waals surface area contributed by atoms with Crippen molar-refractivity contribution < 1.29 is 9.90 Å². The minimum atomic E-state index is -0.491. The fourth-order valence-electron chi connectivity index (χ4n) is 3.69. The zero-order valence-electron chi connectivity index (χ0n) is 19.1. The number of aryl methyl sites for hydroxylation is 1. The number of aromatic nitrogens is 3.